The fourth-order valence-corrected chi connectivity index (χ4v) is 2.82. The van der Waals surface area contributed by atoms with Crippen molar-refractivity contribution < 1.29 is 14.7 Å². The number of benzene rings is 1. The van der Waals surface area contributed by atoms with Crippen molar-refractivity contribution >= 4 is 11.9 Å². The Morgan fingerprint density at radius 3 is 2.24 bits per heavy atom. The number of carboxylic acid groups (broad SMARTS) is 1. The molecule has 4 nitrogen and oxygen atoms in total. The van der Waals surface area contributed by atoms with Gasteiger partial charge >= 0.3 is 5.97 Å². The predicted octanol–water partition coefficient (Wildman–Crippen LogP) is 2.92. The monoisotopic (exact) mass is 289 g/mol. The van der Waals surface area contributed by atoms with E-state index < -0.39 is 5.97 Å². The standard InChI is InChI=1S/C17H23NO3/c1-17(2,3)14-7-5-4-6-13(14)15(19)18-10-8-12(9-11-18)16(20)21/h4-7,12H,8-11H2,1-3H3,(H,20,21). The lowest BCUT2D eigenvalue weighted by Gasteiger charge is -2.32. The molecular formula is C17H23NO3. The predicted molar refractivity (Wildman–Crippen MR) is 81.4 cm³/mol. The van der Waals surface area contributed by atoms with Crippen molar-refractivity contribution in [2.75, 3.05) is 13.1 Å². The molecule has 1 aliphatic heterocycles. The highest BCUT2D eigenvalue weighted by Gasteiger charge is 2.29. The molecule has 2 rings (SSSR count). The molecule has 0 saturated carbocycles. The van der Waals surface area contributed by atoms with Gasteiger partial charge in [-0.3, -0.25) is 9.59 Å². The van der Waals surface area contributed by atoms with Gasteiger partial charge in [0.15, 0.2) is 0 Å². The zero-order valence-electron chi connectivity index (χ0n) is 12.9. The summed E-state index contributed by atoms with van der Waals surface area (Å²) in [5, 5.41) is 9.03. The third-order valence-corrected chi connectivity index (χ3v) is 4.10. The zero-order valence-corrected chi connectivity index (χ0v) is 12.9. The molecule has 0 aliphatic carbocycles. The van der Waals surface area contributed by atoms with Crippen molar-refractivity contribution in [2.24, 2.45) is 5.92 Å². The van der Waals surface area contributed by atoms with Gasteiger partial charge in [0.2, 0.25) is 0 Å². The molecule has 1 saturated heterocycles. The number of nitrogens with zero attached hydrogens (tertiary/aromatic N) is 1. The number of likely N-dealkylation sites (tertiary alicyclic amines) is 1. The molecule has 1 aromatic rings. The third kappa shape index (κ3) is 3.43. The Balaban J connectivity index is 2.17. The molecule has 1 aliphatic rings. The van der Waals surface area contributed by atoms with Crippen LogP contribution in [0.15, 0.2) is 24.3 Å². The largest absolute Gasteiger partial charge is 0.481 e. The zero-order chi connectivity index (χ0) is 15.6. The molecule has 1 aromatic carbocycles. The van der Waals surface area contributed by atoms with E-state index in [1.807, 2.05) is 24.3 Å². The van der Waals surface area contributed by atoms with Crippen LogP contribution in [0, 0.1) is 5.92 Å². The molecule has 0 atom stereocenters. The average molecular weight is 289 g/mol. The summed E-state index contributed by atoms with van der Waals surface area (Å²) in [6, 6.07) is 7.70. The van der Waals surface area contributed by atoms with E-state index in [4.69, 9.17) is 5.11 Å². The van der Waals surface area contributed by atoms with Gasteiger partial charge in [-0.25, -0.2) is 0 Å². The van der Waals surface area contributed by atoms with Crippen LogP contribution in [0.1, 0.15) is 49.5 Å². The lowest BCUT2D eigenvalue weighted by Crippen LogP contribution is -2.41. The molecule has 21 heavy (non-hydrogen) atoms. The minimum absolute atomic E-state index is 0.0179. The highest BCUT2D eigenvalue weighted by molar-refractivity contribution is 5.96. The van der Waals surface area contributed by atoms with Crippen molar-refractivity contribution in [3.05, 3.63) is 35.4 Å². The van der Waals surface area contributed by atoms with Gasteiger partial charge in [0.25, 0.3) is 5.91 Å². The van der Waals surface area contributed by atoms with Crippen LogP contribution in [0.5, 0.6) is 0 Å². The lowest BCUT2D eigenvalue weighted by atomic mass is 9.83. The number of hydrogen-bond acceptors (Lipinski definition) is 2. The van der Waals surface area contributed by atoms with Crippen LogP contribution in [0.2, 0.25) is 0 Å². The van der Waals surface area contributed by atoms with Crippen LogP contribution in [-0.4, -0.2) is 35.0 Å². The van der Waals surface area contributed by atoms with Crippen LogP contribution < -0.4 is 0 Å². The number of carboxylic acids is 1. The molecule has 0 unspecified atom stereocenters. The second-order valence-electron chi connectivity index (χ2n) is 6.70. The third-order valence-electron chi connectivity index (χ3n) is 4.10. The smallest absolute Gasteiger partial charge is 0.306 e. The number of hydrogen-bond donors (Lipinski definition) is 1. The lowest BCUT2D eigenvalue weighted by molar-refractivity contribution is -0.143. The molecule has 0 bridgehead atoms. The quantitative estimate of drug-likeness (QED) is 0.910. The molecule has 0 radical (unpaired) electrons. The van der Waals surface area contributed by atoms with E-state index in [-0.39, 0.29) is 17.2 Å². The first-order valence-electron chi connectivity index (χ1n) is 7.42. The number of amides is 1. The first kappa shape index (κ1) is 15.5. The van der Waals surface area contributed by atoms with Gasteiger partial charge in [-0.2, -0.15) is 0 Å². The Bertz CT molecular complexity index is 537. The fraction of sp³-hybridized carbons (Fsp3) is 0.529. The van der Waals surface area contributed by atoms with Crippen molar-refractivity contribution in [1.29, 1.82) is 0 Å². The van der Waals surface area contributed by atoms with Crippen molar-refractivity contribution in [3.8, 4) is 0 Å². The SMILES string of the molecule is CC(C)(C)c1ccccc1C(=O)N1CCC(C(=O)O)CC1. The van der Waals surface area contributed by atoms with E-state index in [1.54, 1.807) is 4.90 Å². The number of piperidine rings is 1. The van der Waals surface area contributed by atoms with Crippen molar-refractivity contribution in [1.82, 2.24) is 4.90 Å². The van der Waals surface area contributed by atoms with Crippen LogP contribution in [0.4, 0.5) is 0 Å². The first-order chi connectivity index (χ1) is 9.80. The number of carbonyl (C=O) groups excluding carboxylic acids is 1. The van der Waals surface area contributed by atoms with Crippen molar-refractivity contribution in [3.63, 3.8) is 0 Å². The molecule has 1 amide bonds. The molecule has 4 heteroatoms. The van der Waals surface area contributed by atoms with E-state index in [9.17, 15) is 9.59 Å². The van der Waals surface area contributed by atoms with E-state index in [0.29, 0.717) is 25.9 Å². The van der Waals surface area contributed by atoms with Crippen LogP contribution in [0.25, 0.3) is 0 Å². The first-order valence-corrected chi connectivity index (χ1v) is 7.42. The number of carbonyl (C=O) groups is 2. The van der Waals surface area contributed by atoms with Gasteiger partial charge in [-0.1, -0.05) is 39.0 Å². The molecule has 1 N–H and O–H groups in total. The van der Waals surface area contributed by atoms with Gasteiger partial charge in [0, 0.05) is 18.7 Å². The van der Waals surface area contributed by atoms with Crippen LogP contribution in [-0.2, 0) is 10.2 Å². The summed E-state index contributed by atoms with van der Waals surface area (Å²) in [5.41, 5.74) is 1.68. The highest BCUT2D eigenvalue weighted by Crippen LogP contribution is 2.28. The summed E-state index contributed by atoms with van der Waals surface area (Å²) < 4.78 is 0. The van der Waals surface area contributed by atoms with Crippen LogP contribution in [0.3, 0.4) is 0 Å². The summed E-state index contributed by atoms with van der Waals surface area (Å²) in [4.78, 5) is 25.5. The average Bonchev–Trinajstić information content (AvgIpc) is 2.45. The molecule has 114 valence electrons. The molecule has 0 spiro atoms. The van der Waals surface area contributed by atoms with Crippen LogP contribution >= 0.6 is 0 Å². The maximum absolute atomic E-state index is 12.7. The maximum atomic E-state index is 12.7. The Hall–Kier alpha value is -1.84. The van der Waals surface area contributed by atoms with Gasteiger partial charge in [0.05, 0.1) is 5.92 Å². The minimum Gasteiger partial charge on any atom is -0.481 e. The Morgan fingerprint density at radius 1 is 1.14 bits per heavy atom. The molecular weight excluding hydrogens is 266 g/mol. The second-order valence-corrected chi connectivity index (χ2v) is 6.70. The van der Waals surface area contributed by atoms with E-state index in [2.05, 4.69) is 20.8 Å². The molecule has 0 aromatic heterocycles. The van der Waals surface area contributed by atoms with Gasteiger partial charge < -0.3 is 10.0 Å². The van der Waals surface area contributed by atoms with Gasteiger partial charge in [-0.05, 0) is 29.9 Å². The summed E-state index contributed by atoms with van der Waals surface area (Å²) in [6.07, 6.45) is 1.08. The summed E-state index contributed by atoms with van der Waals surface area (Å²) in [7, 11) is 0. The summed E-state index contributed by atoms with van der Waals surface area (Å²) in [5.74, 6) is -1.05. The molecule has 1 heterocycles. The topological polar surface area (TPSA) is 57.6 Å². The normalized spacial score (nSPS) is 16.8. The number of aliphatic carboxylic acids is 1. The number of rotatable bonds is 2. The van der Waals surface area contributed by atoms with E-state index in [0.717, 1.165) is 11.1 Å². The minimum atomic E-state index is -0.753. The van der Waals surface area contributed by atoms with Gasteiger partial charge in [0.1, 0.15) is 0 Å². The Kier molecular flexibility index (Phi) is 4.35. The Morgan fingerprint density at radius 2 is 1.71 bits per heavy atom. The fourth-order valence-electron chi connectivity index (χ4n) is 2.82. The highest BCUT2D eigenvalue weighted by atomic mass is 16.4. The maximum Gasteiger partial charge on any atom is 0.306 e. The second kappa shape index (κ2) is 5.88. The summed E-state index contributed by atoms with van der Waals surface area (Å²) >= 11 is 0. The van der Waals surface area contributed by atoms with E-state index >= 15 is 0 Å². The molecule has 1 fully saturated rings. The Labute approximate surface area is 125 Å². The summed E-state index contributed by atoms with van der Waals surface area (Å²) in [6.45, 7) is 7.32. The van der Waals surface area contributed by atoms with Crippen molar-refractivity contribution in [2.45, 2.75) is 39.0 Å². The van der Waals surface area contributed by atoms with E-state index in [1.165, 1.54) is 0 Å². The van der Waals surface area contributed by atoms with Gasteiger partial charge in [-0.15, -0.1) is 0 Å².